The van der Waals surface area contributed by atoms with Crippen LogP contribution in [0.4, 0.5) is 5.69 Å². The molecule has 23 heavy (non-hydrogen) atoms. The Morgan fingerprint density at radius 2 is 1.65 bits per heavy atom. The van der Waals surface area contributed by atoms with Crippen LogP contribution in [0.1, 0.15) is 0 Å². The van der Waals surface area contributed by atoms with Crippen molar-refractivity contribution in [2.24, 2.45) is 0 Å². The standard InChI is InChI=1S/C15H9Br2NO4S/c16-9-1-4-11(5-2-9)23(20,21)18-10-3-6-14-12(7-10)13(17)8-15(19)22-14/h1-8,18H. The SMILES string of the molecule is O=c1cc(Br)c2cc(NS(=O)(=O)c3ccc(Br)cc3)ccc2o1. The lowest BCUT2D eigenvalue weighted by molar-refractivity contribution is 0.560. The van der Waals surface area contributed by atoms with Gasteiger partial charge in [0.2, 0.25) is 0 Å². The number of hydrogen-bond acceptors (Lipinski definition) is 4. The van der Waals surface area contributed by atoms with Crippen molar-refractivity contribution in [3.05, 3.63) is 67.9 Å². The predicted octanol–water partition coefficient (Wildman–Crippen LogP) is 4.12. The van der Waals surface area contributed by atoms with Gasteiger partial charge in [-0.15, -0.1) is 0 Å². The molecule has 0 saturated carbocycles. The molecule has 0 atom stereocenters. The maximum atomic E-state index is 12.4. The second-order valence-electron chi connectivity index (χ2n) is 4.68. The number of anilines is 1. The number of nitrogens with one attached hydrogen (secondary N) is 1. The van der Waals surface area contributed by atoms with E-state index < -0.39 is 15.6 Å². The predicted molar refractivity (Wildman–Crippen MR) is 95.1 cm³/mol. The zero-order valence-corrected chi connectivity index (χ0v) is 15.4. The molecule has 2 aromatic carbocycles. The average Bonchev–Trinajstić information content (AvgIpc) is 2.48. The molecule has 3 rings (SSSR count). The van der Waals surface area contributed by atoms with Gasteiger partial charge in [0.25, 0.3) is 10.0 Å². The molecule has 0 spiro atoms. The van der Waals surface area contributed by atoms with E-state index in [0.717, 1.165) is 4.47 Å². The highest BCUT2D eigenvalue weighted by Gasteiger charge is 2.15. The summed E-state index contributed by atoms with van der Waals surface area (Å²) in [4.78, 5) is 11.5. The van der Waals surface area contributed by atoms with Crippen LogP contribution in [0.25, 0.3) is 11.0 Å². The van der Waals surface area contributed by atoms with Crippen LogP contribution in [0, 0.1) is 0 Å². The molecule has 0 saturated heterocycles. The molecule has 0 fully saturated rings. The second kappa shape index (κ2) is 6.10. The van der Waals surface area contributed by atoms with E-state index in [1.54, 1.807) is 24.3 Å². The summed E-state index contributed by atoms with van der Waals surface area (Å²) in [6.45, 7) is 0. The molecular weight excluding hydrogens is 450 g/mol. The van der Waals surface area contributed by atoms with Crippen LogP contribution in [0.3, 0.4) is 0 Å². The summed E-state index contributed by atoms with van der Waals surface area (Å²) < 4.78 is 33.6. The first-order chi connectivity index (χ1) is 10.8. The highest BCUT2D eigenvalue weighted by atomic mass is 79.9. The largest absolute Gasteiger partial charge is 0.423 e. The quantitative estimate of drug-likeness (QED) is 0.599. The minimum Gasteiger partial charge on any atom is -0.423 e. The van der Waals surface area contributed by atoms with Crippen molar-refractivity contribution >= 4 is 58.5 Å². The Kier molecular flexibility index (Phi) is 4.31. The van der Waals surface area contributed by atoms with Gasteiger partial charge in [0.05, 0.1) is 4.90 Å². The van der Waals surface area contributed by atoms with Gasteiger partial charge < -0.3 is 4.42 Å². The fourth-order valence-corrected chi connectivity index (χ4v) is 3.83. The van der Waals surface area contributed by atoms with Gasteiger partial charge in [-0.3, -0.25) is 4.72 Å². The zero-order valence-electron chi connectivity index (χ0n) is 11.4. The minimum atomic E-state index is -3.70. The normalized spacial score (nSPS) is 11.6. The molecule has 0 radical (unpaired) electrons. The summed E-state index contributed by atoms with van der Waals surface area (Å²) in [5.74, 6) is 0. The maximum Gasteiger partial charge on any atom is 0.337 e. The Bertz CT molecular complexity index is 1040. The first-order valence-corrected chi connectivity index (χ1v) is 9.44. The van der Waals surface area contributed by atoms with E-state index in [2.05, 4.69) is 36.6 Å². The van der Waals surface area contributed by atoms with Gasteiger partial charge in [-0.25, -0.2) is 13.2 Å². The number of sulfonamides is 1. The van der Waals surface area contributed by atoms with Crippen LogP contribution in [0.15, 0.2) is 71.6 Å². The maximum absolute atomic E-state index is 12.4. The van der Waals surface area contributed by atoms with Gasteiger partial charge in [0.15, 0.2) is 0 Å². The number of fused-ring (bicyclic) bond motifs is 1. The average molecular weight is 459 g/mol. The Balaban J connectivity index is 2.01. The van der Waals surface area contributed by atoms with Crippen LogP contribution in [0.5, 0.6) is 0 Å². The lowest BCUT2D eigenvalue weighted by Crippen LogP contribution is -2.12. The first-order valence-electron chi connectivity index (χ1n) is 6.37. The molecule has 1 aromatic heterocycles. The van der Waals surface area contributed by atoms with Crippen molar-refractivity contribution in [1.29, 1.82) is 0 Å². The van der Waals surface area contributed by atoms with Gasteiger partial charge in [-0.2, -0.15) is 0 Å². The van der Waals surface area contributed by atoms with E-state index in [-0.39, 0.29) is 4.90 Å². The lowest BCUT2D eigenvalue weighted by Gasteiger charge is -2.09. The molecule has 0 aliphatic rings. The van der Waals surface area contributed by atoms with E-state index in [4.69, 9.17) is 4.42 Å². The van der Waals surface area contributed by atoms with Crippen molar-refractivity contribution in [2.45, 2.75) is 4.90 Å². The van der Waals surface area contributed by atoms with E-state index in [1.807, 2.05) is 0 Å². The molecule has 118 valence electrons. The molecular formula is C15H9Br2NO4S. The molecule has 0 amide bonds. The minimum absolute atomic E-state index is 0.152. The smallest absolute Gasteiger partial charge is 0.337 e. The molecule has 0 bridgehead atoms. The van der Waals surface area contributed by atoms with Crippen molar-refractivity contribution in [1.82, 2.24) is 0 Å². The molecule has 5 nitrogen and oxygen atoms in total. The molecule has 1 N–H and O–H groups in total. The number of halogens is 2. The summed E-state index contributed by atoms with van der Waals surface area (Å²) in [7, 11) is -3.70. The Labute approximate surface area is 148 Å². The Morgan fingerprint density at radius 1 is 0.957 bits per heavy atom. The fourth-order valence-electron chi connectivity index (χ4n) is 2.02. The van der Waals surface area contributed by atoms with Crippen LogP contribution in [0.2, 0.25) is 0 Å². The van der Waals surface area contributed by atoms with Crippen molar-refractivity contribution in [3.8, 4) is 0 Å². The molecule has 1 heterocycles. The van der Waals surface area contributed by atoms with E-state index in [0.29, 0.717) is 21.1 Å². The van der Waals surface area contributed by atoms with Gasteiger partial charge in [0.1, 0.15) is 5.58 Å². The fraction of sp³-hybridized carbons (Fsp3) is 0. The monoisotopic (exact) mass is 457 g/mol. The highest BCUT2D eigenvalue weighted by molar-refractivity contribution is 9.11. The van der Waals surface area contributed by atoms with Gasteiger partial charge in [-0.1, -0.05) is 15.9 Å². The molecule has 0 aliphatic carbocycles. The summed E-state index contributed by atoms with van der Waals surface area (Å²) in [5, 5.41) is 0.598. The third-order valence-corrected chi connectivity index (χ3v) is 5.65. The zero-order chi connectivity index (χ0) is 16.6. The third-order valence-electron chi connectivity index (χ3n) is 3.07. The number of rotatable bonds is 3. The lowest BCUT2D eigenvalue weighted by atomic mass is 10.2. The van der Waals surface area contributed by atoms with Crippen LogP contribution >= 0.6 is 31.9 Å². The van der Waals surface area contributed by atoms with Gasteiger partial charge >= 0.3 is 5.63 Å². The van der Waals surface area contributed by atoms with E-state index in [9.17, 15) is 13.2 Å². The summed E-state index contributed by atoms with van der Waals surface area (Å²) >= 11 is 6.54. The van der Waals surface area contributed by atoms with Crippen molar-refractivity contribution in [3.63, 3.8) is 0 Å². The Morgan fingerprint density at radius 3 is 2.35 bits per heavy atom. The molecule has 0 unspecified atom stereocenters. The highest BCUT2D eigenvalue weighted by Crippen LogP contribution is 2.26. The summed E-state index contributed by atoms with van der Waals surface area (Å²) in [5.41, 5.74) is 0.263. The van der Waals surface area contributed by atoms with Gasteiger partial charge in [-0.05, 0) is 58.4 Å². The van der Waals surface area contributed by atoms with Crippen LogP contribution < -0.4 is 10.3 Å². The van der Waals surface area contributed by atoms with E-state index >= 15 is 0 Å². The van der Waals surface area contributed by atoms with Crippen LogP contribution in [-0.4, -0.2) is 8.42 Å². The van der Waals surface area contributed by atoms with Gasteiger partial charge in [0, 0.05) is 26.1 Å². The van der Waals surface area contributed by atoms with Crippen molar-refractivity contribution < 1.29 is 12.8 Å². The first kappa shape index (κ1) is 16.2. The number of benzene rings is 2. The summed E-state index contributed by atoms with van der Waals surface area (Å²) in [6, 6.07) is 12.3. The molecule has 3 aromatic rings. The van der Waals surface area contributed by atoms with E-state index in [1.165, 1.54) is 24.3 Å². The number of hydrogen-bond donors (Lipinski definition) is 1. The third kappa shape index (κ3) is 3.49. The topological polar surface area (TPSA) is 76.4 Å². The molecule has 8 heteroatoms. The molecule has 0 aliphatic heterocycles. The van der Waals surface area contributed by atoms with Crippen LogP contribution in [-0.2, 0) is 10.0 Å². The summed E-state index contributed by atoms with van der Waals surface area (Å²) in [6.07, 6.45) is 0. The Hall–Kier alpha value is -1.64. The second-order valence-corrected chi connectivity index (χ2v) is 8.14. The van der Waals surface area contributed by atoms with Crippen molar-refractivity contribution in [2.75, 3.05) is 4.72 Å².